The van der Waals surface area contributed by atoms with Gasteiger partial charge < -0.3 is 10.4 Å². The lowest BCUT2D eigenvalue weighted by Gasteiger charge is -2.18. The summed E-state index contributed by atoms with van der Waals surface area (Å²) in [6.45, 7) is 6.60. The highest BCUT2D eigenvalue weighted by atomic mass is 16.3. The SMILES string of the molecule is CC(C)CC(CCO)CNCc1ccncc1. The lowest BCUT2D eigenvalue weighted by Crippen LogP contribution is -2.24. The van der Waals surface area contributed by atoms with Gasteiger partial charge in [0.1, 0.15) is 0 Å². The molecule has 1 rings (SSSR count). The van der Waals surface area contributed by atoms with Gasteiger partial charge in [-0.1, -0.05) is 13.8 Å². The minimum absolute atomic E-state index is 0.286. The molecule has 0 aliphatic heterocycles. The van der Waals surface area contributed by atoms with Crippen molar-refractivity contribution >= 4 is 0 Å². The summed E-state index contributed by atoms with van der Waals surface area (Å²) in [6, 6.07) is 4.05. The summed E-state index contributed by atoms with van der Waals surface area (Å²) in [5.74, 6) is 1.26. The summed E-state index contributed by atoms with van der Waals surface area (Å²) in [4.78, 5) is 4.00. The fraction of sp³-hybridized carbons (Fsp3) is 0.643. The van der Waals surface area contributed by atoms with E-state index in [0.717, 1.165) is 19.5 Å². The third-order valence-electron chi connectivity index (χ3n) is 2.85. The standard InChI is InChI=1S/C14H24N2O/c1-12(2)9-14(5-8-17)11-16-10-13-3-6-15-7-4-13/h3-4,6-7,12,14,16-17H,5,8-11H2,1-2H3. The summed E-state index contributed by atoms with van der Waals surface area (Å²) < 4.78 is 0. The molecular formula is C14H24N2O. The van der Waals surface area contributed by atoms with Crippen LogP contribution in [0, 0.1) is 11.8 Å². The quantitative estimate of drug-likeness (QED) is 0.727. The molecule has 1 heterocycles. The molecule has 1 atom stereocenters. The highest BCUT2D eigenvalue weighted by Crippen LogP contribution is 2.14. The molecule has 0 spiro atoms. The number of aliphatic hydroxyl groups is 1. The predicted molar refractivity (Wildman–Crippen MR) is 70.6 cm³/mol. The molecule has 96 valence electrons. The van der Waals surface area contributed by atoms with Crippen LogP contribution in [0.5, 0.6) is 0 Å². The van der Waals surface area contributed by atoms with E-state index in [9.17, 15) is 0 Å². The maximum Gasteiger partial charge on any atom is 0.0434 e. The van der Waals surface area contributed by atoms with E-state index in [-0.39, 0.29) is 6.61 Å². The molecule has 0 aliphatic carbocycles. The van der Waals surface area contributed by atoms with Crippen LogP contribution in [0.4, 0.5) is 0 Å². The number of nitrogens with zero attached hydrogens (tertiary/aromatic N) is 1. The Labute approximate surface area is 104 Å². The molecule has 3 heteroatoms. The second kappa shape index (κ2) is 8.20. The molecule has 0 amide bonds. The Bertz CT molecular complexity index is 288. The first-order chi connectivity index (χ1) is 8.22. The van der Waals surface area contributed by atoms with E-state index in [4.69, 9.17) is 5.11 Å². The van der Waals surface area contributed by atoms with Crippen LogP contribution < -0.4 is 5.32 Å². The van der Waals surface area contributed by atoms with E-state index < -0.39 is 0 Å². The van der Waals surface area contributed by atoms with E-state index in [1.807, 2.05) is 24.5 Å². The van der Waals surface area contributed by atoms with Crippen LogP contribution in [0.15, 0.2) is 24.5 Å². The topological polar surface area (TPSA) is 45.1 Å². The van der Waals surface area contributed by atoms with Crippen molar-refractivity contribution in [3.63, 3.8) is 0 Å². The minimum atomic E-state index is 0.286. The van der Waals surface area contributed by atoms with Gasteiger partial charge in [-0.15, -0.1) is 0 Å². The Morgan fingerprint density at radius 3 is 2.59 bits per heavy atom. The normalized spacial score (nSPS) is 12.9. The van der Waals surface area contributed by atoms with Crippen molar-refractivity contribution in [2.24, 2.45) is 11.8 Å². The lowest BCUT2D eigenvalue weighted by molar-refractivity contribution is 0.239. The fourth-order valence-electron chi connectivity index (χ4n) is 2.07. The van der Waals surface area contributed by atoms with Crippen LogP contribution in [0.2, 0.25) is 0 Å². The van der Waals surface area contributed by atoms with Gasteiger partial charge in [-0.25, -0.2) is 0 Å². The first kappa shape index (κ1) is 14.1. The van der Waals surface area contributed by atoms with Crippen LogP contribution in [0.25, 0.3) is 0 Å². The second-order valence-electron chi connectivity index (χ2n) is 4.99. The maximum absolute atomic E-state index is 9.03. The number of pyridine rings is 1. The van der Waals surface area contributed by atoms with Gasteiger partial charge in [-0.2, -0.15) is 0 Å². The van der Waals surface area contributed by atoms with Crippen LogP contribution in [-0.4, -0.2) is 23.2 Å². The van der Waals surface area contributed by atoms with Crippen molar-refractivity contribution in [2.45, 2.75) is 33.2 Å². The average molecular weight is 236 g/mol. The third-order valence-corrected chi connectivity index (χ3v) is 2.85. The number of aliphatic hydroxyl groups excluding tert-OH is 1. The highest BCUT2D eigenvalue weighted by Gasteiger charge is 2.09. The largest absolute Gasteiger partial charge is 0.396 e. The van der Waals surface area contributed by atoms with Crippen molar-refractivity contribution < 1.29 is 5.11 Å². The molecule has 17 heavy (non-hydrogen) atoms. The van der Waals surface area contributed by atoms with E-state index >= 15 is 0 Å². The summed E-state index contributed by atoms with van der Waals surface area (Å²) >= 11 is 0. The zero-order valence-corrected chi connectivity index (χ0v) is 10.9. The van der Waals surface area contributed by atoms with Gasteiger partial charge in [0.25, 0.3) is 0 Å². The lowest BCUT2D eigenvalue weighted by atomic mass is 9.94. The zero-order valence-electron chi connectivity index (χ0n) is 10.9. The van der Waals surface area contributed by atoms with E-state index in [0.29, 0.717) is 11.8 Å². The molecule has 1 aromatic heterocycles. The van der Waals surface area contributed by atoms with Gasteiger partial charge in [-0.3, -0.25) is 4.98 Å². The molecule has 0 aliphatic rings. The van der Waals surface area contributed by atoms with E-state index in [2.05, 4.69) is 24.1 Å². The second-order valence-corrected chi connectivity index (χ2v) is 4.99. The summed E-state index contributed by atoms with van der Waals surface area (Å²) in [5, 5.41) is 12.5. The van der Waals surface area contributed by atoms with Crippen LogP contribution >= 0.6 is 0 Å². The molecule has 0 bridgehead atoms. The van der Waals surface area contributed by atoms with Crippen LogP contribution in [-0.2, 0) is 6.54 Å². The van der Waals surface area contributed by atoms with Crippen molar-refractivity contribution in [3.05, 3.63) is 30.1 Å². The summed E-state index contributed by atoms with van der Waals surface area (Å²) in [5.41, 5.74) is 1.26. The number of nitrogens with one attached hydrogen (secondary N) is 1. The number of hydrogen-bond donors (Lipinski definition) is 2. The average Bonchev–Trinajstić information content (AvgIpc) is 2.30. The Morgan fingerprint density at radius 2 is 2.00 bits per heavy atom. The van der Waals surface area contributed by atoms with Gasteiger partial charge in [0, 0.05) is 25.5 Å². The van der Waals surface area contributed by atoms with Gasteiger partial charge in [-0.05, 0) is 48.9 Å². The van der Waals surface area contributed by atoms with E-state index in [1.165, 1.54) is 12.0 Å². The molecular weight excluding hydrogens is 212 g/mol. The van der Waals surface area contributed by atoms with Crippen molar-refractivity contribution in [3.8, 4) is 0 Å². The van der Waals surface area contributed by atoms with Crippen molar-refractivity contribution in [1.82, 2.24) is 10.3 Å². The van der Waals surface area contributed by atoms with Gasteiger partial charge in [0.15, 0.2) is 0 Å². The Hall–Kier alpha value is -0.930. The molecule has 0 saturated carbocycles. The Kier molecular flexibility index (Phi) is 6.82. The Morgan fingerprint density at radius 1 is 1.29 bits per heavy atom. The highest BCUT2D eigenvalue weighted by molar-refractivity contribution is 5.08. The first-order valence-electron chi connectivity index (χ1n) is 6.42. The predicted octanol–water partition coefficient (Wildman–Crippen LogP) is 2.22. The maximum atomic E-state index is 9.03. The molecule has 3 nitrogen and oxygen atoms in total. The molecule has 0 saturated heterocycles. The van der Waals surface area contributed by atoms with Crippen molar-refractivity contribution in [1.29, 1.82) is 0 Å². The molecule has 0 aromatic carbocycles. The van der Waals surface area contributed by atoms with Crippen LogP contribution in [0.1, 0.15) is 32.3 Å². The molecule has 2 N–H and O–H groups in total. The zero-order chi connectivity index (χ0) is 12.5. The molecule has 1 aromatic rings. The summed E-state index contributed by atoms with van der Waals surface area (Å²) in [7, 11) is 0. The van der Waals surface area contributed by atoms with Crippen LogP contribution in [0.3, 0.4) is 0 Å². The monoisotopic (exact) mass is 236 g/mol. The van der Waals surface area contributed by atoms with Crippen molar-refractivity contribution in [2.75, 3.05) is 13.2 Å². The molecule has 0 radical (unpaired) electrons. The number of rotatable bonds is 8. The molecule has 0 fully saturated rings. The minimum Gasteiger partial charge on any atom is -0.396 e. The van der Waals surface area contributed by atoms with Gasteiger partial charge in [0.05, 0.1) is 0 Å². The van der Waals surface area contributed by atoms with E-state index in [1.54, 1.807) is 0 Å². The smallest absolute Gasteiger partial charge is 0.0434 e. The number of hydrogen-bond acceptors (Lipinski definition) is 3. The third kappa shape index (κ3) is 6.39. The first-order valence-corrected chi connectivity index (χ1v) is 6.42. The Balaban J connectivity index is 2.26. The number of aromatic nitrogens is 1. The van der Waals surface area contributed by atoms with Gasteiger partial charge >= 0.3 is 0 Å². The summed E-state index contributed by atoms with van der Waals surface area (Å²) in [6.07, 6.45) is 5.69. The van der Waals surface area contributed by atoms with Gasteiger partial charge in [0.2, 0.25) is 0 Å². The molecule has 1 unspecified atom stereocenters. The fourth-order valence-corrected chi connectivity index (χ4v) is 2.07.